The number of rotatable bonds is 6. The summed E-state index contributed by atoms with van der Waals surface area (Å²) in [7, 11) is 0. The van der Waals surface area contributed by atoms with Gasteiger partial charge in [0.1, 0.15) is 17.2 Å². The zero-order chi connectivity index (χ0) is 17.8. The van der Waals surface area contributed by atoms with Crippen molar-refractivity contribution in [3.05, 3.63) is 57.8 Å². The molecule has 1 fully saturated rings. The number of halogens is 1. The van der Waals surface area contributed by atoms with Crippen molar-refractivity contribution >= 4 is 11.4 Å². The van der Waals surface area contributed by atoms with Crippen molar-refractivity contribution in [1.82, 2.24) is 4.90 Å². The van der Waals surface area contributed by atoms with E-state index in [1.54, 1.807) is 0 Å². The van der Waals surface area contributed by atoms with Crippen molar-refractivity contribution in [1.29, 1.82) is 0 Å². The van der Waals surface area contributed by atoms with Gasteiger partial charge in [0, 0.05) is 19.6 Å². The van der Waals surface area contributed by atoms with Crippen LogP contribution in [0.5, 0.6) is 0 Å². The second-order valence-electron chi connectivity index (χ2n) is 5.89. The third-order valence-electron chi connectivity index (χ3n) is 4.23. The lowest BCUT2D eigenvalue weighted by Crippen LogP contribution is -2.41. The van der Waals surface area contributed by atoms with E-state index >= 15 is 0 Å². The van der Waals surface area contributed by atoms with Gasteiger partial charge >= 0.3 is 5.69 Å². The minimum atomic E-state index is -0.855. The molecular formula is C17H20FN3O4. The second-order valence-corrected chi connectivity index (χ2v) is 5.89. The van der Waals surface area contributed by atoms with Crippen molar-refractivity contribution < 1.29 is 18.5 Å². The Morgan fingerprint density at radius 2 is 2.08 bits per heavy atom. The molecular weight excluding hydrogens is 329 g/mol. The largest absolute Gasteiger partial charge is 0.465 e. The molecule has 2 aromatic rings. The first-order chi connectivity index (χ1) is 12.1. The van der Waals surface area contributed by atoms with Crippen molar-refractivity contribution in [3.63, 3.8) is 0 Å². The number of aryl methyl sites for hydroxylation is 1. The highest BCUT2D eigenvalue weighted by Crippen LogP contribution is 2.29. The van der Waals surface area contributed by atoms with Crippen LogP contribution in [0.25, 0.3) is 0 Å². The maximum atomic E-state index is 13.8. The van der Waals surface area contributed by atoms with Crippen molar-refractivity contribution in [2.24, 2.45) is 0 Å². The van der Waals surface area contributed by atoms with Gasteiger partial charge in [-0.05, 0) is 31.2 Å². The Hall–Kier alpha value is -2.45. The quantitative estimate of drug-likeness (QED) is 0.637. The summed E-state index contributed by atoms with van der Waals surface area (Å²) in [5, 5.41) is 14.2. The molecule has 0 unspecified atom stereocenters. The summed E-state index contributed by atoms with van der Waals surface area (Å²) in [6.07, 6.45) is 0. The number of nitrogens with one attached hydrogen (secondary N) is 1. The SMILES string of the molecule is Cc1ccc([C@@H](CNc2cccc(F)c2[N+](=O)[O-])N2CCOCC2)o1. The van der Waals surface area contributed by atoms with Crippen molar-refractivity contribution in [3.8, 4) is 0 Å². The molecule has 1 aliphatic heterocycles. The van der Waals surface area contributed by atoms with Gasteiger partial charge < -0.3 is 14.5 Å². The molecule has 0 spiro atoms. The van der Waals surface area contributed by atoms with Crippen molar-refractivity contribution in [2.45, 2.75) is 13.0 Å². The third kappa shape index (κ3) is 3.97. The minimum absolute atomic E-state index is 0.125. The number of furan rings is 1. The average molecular weight is 349 g/mol. The first-order valence-electron chi connectivity index (χ1n) is 8.11. The smallest absolute Gasteiger partial charge is 0.327 e. The van der Waals surface area contributed by atoms with E-state index in [0.29, 0.717) is 19.8 Å². The highest BCUT2D eigenvalue weighted by atomic mass is 19.1. The maximum Gasteiger partial charge on any atom is 0.327 e. The Morgan fingerprint density at radius 1 is 1.32 bits per heavy atom. The predicted molar refractivity (Wildman–Crippen MR) is 90.1 cm³/mol. The fourth-order valence-corrected chi connectivity index (χ4v) is 2.98. The summed E-state index contributed by atoms with van der Waals surface area (Å²) in [5.74, 6) is 0.711. The number of para-hydroxylation sites is 1. The molecule has 25 heavy (non-hydrogen) atoms. The Morgan fingerprint density at radius 3 is 2.72 bits per heavy atom. The van der Waals surface area contributed by atoms with E-state index in [-0.39, 0.29) is 11.7 Å². The lowest BCUT2D eigenvalue weighted by atomic mass is 10.1. The van der Waals surface area contributed by atoms with Gasteiger partial charge in [-0.25, -0.2) is 0 Å². The van der Waals surface area contributed by atoms with Crippen LogP contribution < -0.4 is 5.32 Å². The number of morpholine rings is 1. The van der Waals surface area contributed by atoms with Gasteiger partial charge in [-0.3, -0.25) is 15.0 Å². The van der Waals surface area contributed by atoms with Crippen LogP contribution in [0, 0.1) is 22.9 Å². The van der Waals surface area contributed by atoms with Gasteiger partial charge in [0.15, 0.2) is 0 Å². The Balaban J connectivity index is 1.81. The lowest BCUT2D eigenvalue weighted by molar-refractivity contribution is -0.386. The highest BCUT2D eigenvalue weighted by Gasteiger charge is 2.27. The molecule has 0 radical (unpaired) electrons. The molecule has 134 valence electrons. The Kier molecular flexibility index (Phi) is 5.30. The summed E-state index contributed by atoms with van der Waals surface area (Å²) in [5.41, 5.74) is -0.384. The number of benzene rings is 1. The number of hydrogen-bond acceptors (Lipinski definition) is 6. The van der Waals surface area contributed by atoms with Crippen LogP contribution in [0.1, 0.15) is 17.6 Å². The molecule has 3 rings (SSSR count). The lowest BCUT2D eigenvalue weighted by Gasteiger charge is -2.33. The number of hydrogen-bond donors (Lipinski definition) is 1. The van der Waals surface area contributed by atoms with Crippen LogP contribution in [0.2, 0.25) is 0 Å². The number of nitro groups is 1. The standard InChI is InChI=1S/C17H20FN3O4/c1-12-5-6-16(25-12)15(20-7-9-24-10-8-20)11-19-14-4-2-3-13(18)17(14)21(22)23/h2-6,15,19H,7-11H2,1H3/t15-/m1/s1. The van der Waals surface area contributed by atoms with E-state index in [2.05, 4.69) is 10.2 Å². The van der Waals surface area contributed by atoms with Gasteiger partial charge in [-0.1, -0.05) is 6.07 Å². The fraction of sp³-hybridized carbons (Fsp3) is 0.412. The van der Waals surface area contributed by atoms with Crippen LogP contribution in [0.4, 0.5) is 15.8 Å². The molecule has 0 bridgehead atoms. The summed E-state index contributed by atoms with van der Waals surface area (Å²) in [4.78, 5) is 12.6. The normalized spacial score (nSPS) is 16.6. The first kappa shape index (κ1) is 17.4. The van der Waals surface area contributed by atoms with E-state index in [9.17, 15) is 14.5 Å². The molecule has 1 N–H and O–H groups in total. The zero-order valence-corrected chi connectivity index (χ0v) is 13.9. The molecule has 2 heterocycles. The number of anilines is 1. The molecule has 1 aromatic carbocycles. The van der Waals surface area contributed by atoms with E-state index in [1.807, 2.05) is 19.1 Å². The summed E-state index contributed by atoms with van der Waals surface area (Å²) >= 11 is 0. The molecule has 0 saturated carbocycles. The van der Waals surface area contributed by atoms with Gasteiger partial charge in [-0.2, -0.15) is 4.39 Å². The molecule has 0 amide bonds. The molecule has 1 aromatic heterocycles. The van der Waals surface area contributed by atoms with Gasteiger partial charge in [-0.15, -0.1) is 0 Å². The van der Waals surface area contributed by atoms with E-state index in [0.717, 1.165) is 30.7 Å². The Bertz CT molecular complexity index is 743. The average Bonchev–Trinajstić information content (AvgIpc) is 3.02. The maximum absolute atomic E-state index is 13.8. The van der Waals surface area contributed by atoms with Gasteiger partial charge in [0.05, 0.1) is 24.2 Å². The topological polar surface area (TPSA) is 80.8 Å². The zero-order valence-electron chi connectivity index (χ0n) is 13.9. The van der Waals surface area contributed by atoms with E-state index < -0.39 is 16.4 Å². The van der Waals surface area contributed by atoms with Gasteiger partial charge in [0.25, 0.3) is 0 Å². The van der Waals surface area contributed by atoms with E-state index in [4.69, 9.17) is 9.15 Å². The molecule has 1 aliphatic rings. The molecule has 8 heteroatoms. The monoisotopic (exact) mass is 349 g/mol. The summed E-state index contributed by atoms with van der Waals surface area (Å²) in [6.45, 7) is 4.93. The van der Waals surface area contributed by atoms with Crippen LogP contribution in [-0.2, 0) is 4.74 Å². The molecule has 1 saturated heterocycles. The molecule has 0 aliphatic carbocycles. The Labute approximate surface area is 144 Å². The highest BCUT2D eigenvalue weighted by molar-refractivity contribution is 5.62. The third-order valence-corrected chi connectivity index (χ3v) is 4.23. The second kappa shape index (κ2) is 7.62. The van der Waals surface area contributed by atoms with Crippen LogP contribution in [0.15, 0.2) is 34.7 Å². The first-order valence-corrected chi connectivity index (χ1v) is 8.11. The summed E-state index contributed by atoms with van der Waals surface area (Å²) < 4.78 is 24.9. The van der Waals surface area contributed by atoms with E-state index in [1.165, 1.54) is 12.1 Å². The van der Waals surface area contributed by atoms with Crippen LogP contribution >= 0.6 is 0 Å². The molecule has 7 nitrogen and oxygen atoms in total. The predicted octanol–water partition coefficient (Wildman–Crippen LogP) is 3.12. The number of ether oxygens (including phenoxy) is 1. The minimum Gasteiger partial charge on any atom is -0.465 e. The number of nitrogens with zero attached hydrogens (tertiary/aromatic N) is 2. The fourth-order valence-electron chi connectivity index (χ4n) is 2.98. The summed E-state index contributed by atoms with van der Waals surface area (Å²) in [6, 6.07) is 7.69. The van der Waals surface area contributed by atoms with Crippen LogP contribution in [-0.4, -0.2) is 42.7 Å². The van der Waals surface area contributed by atoms with Gasteiger partial charge in [0.2, 0.25) is 5.82 Å². The van der Waals surface area contributed by atoms with Crippen LogP contribution in [0.3, 0.4) is 0 Å². The van der Waals surface area contributed by atoms with Crippen molar-refractivity contribution in [2.75, 3.05) is 38.2 Å². The molecule has 1 atom stereocenters. The number of nitro benzene ring substituents is 1.